The molecule has 0 bridgehead atoms. The molecule has 0 aromatic heterocycles. The smallest absolute Gasteiger partial charge is 0.201 e. The quantitative estimate of drug-likeness (QED) is 0.737. The molecule has 2 atom stereocenters. The summed E-state index contributed by atoms with van der Waals surface area (Å²) in [5.74, 6) is -0.788. The lowest BCUT2D eigenvalue weighted by Crippen LogP contribution is -2.33. The Morgan fingerprint density at radius 2 is 1.93 bits per heavy atom. The normalized spacial score (nSPS) is 16.8. The van der Waals surface area contributed by atoms with E-state index >= 15 is 0 Å². The van der Waals surface area contributed by atoms with Crippen molar-refractivity contribution in [3.05, 3.63) is 30.3 Å². The fourth-order valence-corrected chi connectivity index (χ4v) is 2.16. The zero-order chi connectivity index (χ0) is 11.5. The van der Waals surface area contributed by atoms with E-state index in [1.807, 2.05) is 0 Å². The summed E-state index contributed by atoms with van der Waals surface area (Å²) in [6, 6.07) is 8.61. The number of carbonyl (C=O) groups is 1. The number of halogens is 2. The van der Waals surface area contributed by atoms with Crippen LogP contribution in [0.15, 0.2) is 35.2 Å². The summed E-state index contributed by atoms with van der Waals surface area (Å²) in [6.07, 6.45) is -2.09. The fourth-order valence-electron chi connectivity index (χ4n) is 1.13. The molecule has 1 rings (SSSR count). The Balaban J connectivity index is 2.76. The molecule has 0 saturated carbocycles. The van der Waals surface area contributed by atoms with Crippen molar-refractivity contribution < 1.29 is 13.6 Å². The van der Waals surface area contributed by atoms with Gasteiger partial charge in [0.25, 0.3) is 0 Å². The number of thioether (sulfide) groups is 1. The number of hydrogen-bond donors (Lipinski definition) is 0. The monoisotopic (exact) mass is 230 g/mol. The summed E-state index contributed by atoms with van der Waals surface area (Å²) >= 11 is 0.720. The summed E-state index contributed by atoms with van der Waals surface area (Å²) in [5, 5.41) is -2.22. The van der Waals surface area contributed by atoms with Gasteiger partial charge in [-0.3, -0.25) is 4.79 Å². The Bertz CT molecular complexity index is 338. The van der Waals surface area contributed by atoms with Gasteiger partial charge in [-0.25, -0.2) is 8.78 Å². The van der Waals surface area contributed by atoms with Crippen LogP contribution in [0, 0.1) is 0 Å². The van der Waals surface area contributed by atoms with Crippen LogP contribution in [0.4, 0.5) is 8.78 Å². The molecule has 82 valence electrons. The van der Waals surface area contributed by atoms with Crippen LogP contribution in [0.25, 0.3) is 0 Å². The van der Waals surface area contributed by atoms with E-state index in [1.54, 1.807) is 30.3 Å². The lowest BCUT2D eigenvalue weighted by Gasteiger charge is -2.21. The van der Waals surface area contributed by atoms with Crippen LogP contribution in [-0.2, 0) is 4.79 Å². The van der Waals surface area contributed by atoms with Gasteiger partial charge in [-0.05, 0) is 26.0 Å². The Labute approximate surface area is 91.9 Å². The number of rotatable bonds is 4. The molecule has 0 saturated heterocycles. The highest BCUT2D eigenvalue weighted by Crippen LogP contribution is 2.38. The molecule has 2 unspecified atom stereocenters. The van der Waals surface area contributed by atoms with Crippen molar-refractivity contribution in [2.75, 3.05) is 0 Å². The highest BCUT2D eigenvalue weighted by atomic mass is 32.2. The number of hydrogen-bond acceptors (Lipinski definition) is 2. The van der Waals surface area contributed by atoms with Crippen molar-refractivity contribution in [1.29, 1.82) is 0 Å². The van der Waals surface area contributed by atoms with Crippen molar-refractivity contribution in [2.24, 2.45) is 0 Å². The van der Waals surface area contributed by atoms with Gasteiger partial charge in [-0.1, -0.05) is 30.0 Å². The first kappa shape index (κ1) is 12.2. The van der Waals surface area contributed by atoms with Gasteiger partial charge in [0.1, 0.15) is 0 Å². The zero-order valence-electron chi connectivity index (χ0n) is 8.54. The molecule has 0 aliphatic rings. The average Bonchev–Trinajstić information content (AvgIpc) is 2.17. The molecule has 0 aliphatic heterocycles. The molecular formula is C11H12F2OS. The third kappa shape index (κ3) is 3.30. The minimum absolute atomic E-state index is 0.603. The molecule has 0 heterocycles. The van der Waals surface area contributed by atoms with Crippen molar-refractivity contribution in [2.45, 2.75) is 29.9 Å². The van der Waals surface area contributed by atoms with Gasteiger partial charge in [-0.15, -0.1) is 0 Å². The molecule has 1 nitrogen and oxygen atoms in total. The third-order valence-corrected chi connectivity index (χ3v) is 2.98. The SMILES string of the molecule is CC(=O)C(F)C(C)(F)Sc1ccccc1. The molecule has 15 heavy (non-hydrogen) atoms. The fraction of sp³-hybridized carbons (Fsp3) is 0.364. The topological polar surface area (TPSA) is 17.1 Å². The van der Waals surface area contributed by atoms with E-state index < -0.39 is 17.0 Å². The Morgan fingerprint density at radius 1 is 1.40 bits per heavy atom. The predicted molar refractivity (Wildman–Crippen MR) is 57.4 cm³/mol. The standard InChI is InChI=1S/C11H12F2OS/c1-8(14)10(12)11(2,13)15-9-6-4-3-5-7-9/h3-7,10H,1-2H3. The first-order valence-corrected chi connectivity index (χ1v) is 5.32. The minimum atomic E-state index is -2.22. The maximum Gasteiger partial charge on any atom is 0.201 e. The first-order valence-electron chi connectivity index (χ1n) is 4.51. The van der Waals surface area contributed by atoms with Crippen LogP contribution >= 0.6 is 11.8 Å². The summed E-state index contributed by atoms with van der Waals surface area (Å²) < 4.78 is 27.0. The number of Topliss-reactive ketones (excluding diaryl/α,β-unsaturated/α-hetero) is 1. The molecule has 0 aliphatic carbocycles. The van der Waals surface area contributed by atoms with Crippen LogP contribution in [-0.4, -0.2) is 17.0 Å². The van der Waals surface area contributed by atoms with Crippen molar-refractivity contribution >= 4 is 17.5 Å². The maximum absolute atomic E-state index is 13.8. The van der Waals surface area contributed by atoms with Gasteiger partial charge >= 0.3 is 0 Å². The van der Waals surface area contributed by atoms with Gasteiger partial charge in [0.05, 0.1) is 0 Å². The van der Waals surface area contributed by atoms with Gasteiger partial charge in [0, 0.05) is 4.90 Å². The molecule has 4 heteroatoms. The lowest BCUT2D eigenvalue weighted by molar-refractivity contribution is -0.124. The van der Waals surface area contributed by atoms with Crippen LogP contribution in [0.1, 0.15) is 13.8 Å². The van der Waals surface area contributed by atoms with Crippen LogP contribution in [0.5, 0.6) is 0 Å². The lowest BCUT2D eigenvalue weighted by atomic mass is 10.2. The second kappa shape index (κ2) is 4.75. The number of carbonyl (C=O) groups excluding carboxylic acids is 1. The van der Waals surface area contributed by atoms with Gasteiger partial charge in [0.2, 0.25) is 6.17 Å². The van der Waals surface area contributed by atoms with E-state index in [2.05, 4.69) is 0 Å². The molecule has 0 amide bonds. The second-order valence-corrected chi connectivity index (χ2v) is 4.85. The number of alkyl halides is 2. The Morgan fingerprint density at radius 3 is 2.40 bits per heavy atom. The number of ketones is 1. The molecule has 0 N–H and O–H groups in total. The second-order valence-electron chi connectivity index (χ2n) is 3.37. The highest BCUT2D eigenvalue weighted by molar-refractivity contribution is 8.00. The molecule has 1 aromatic rings. The van der Waals surface area contributed by atoms with E-state index in [1.165, 1.54) is 0 Å². The molecule has 0 spiro atoms. The van der Waals surface area contributed by atoms with Crippen molar-refractivity contribution in [1.82, 2.24) is 0 Å². The van der Waals surface area contributed by atoms with E-state index in [4.69, 9.17) is 0 Å². The zero-order valence-corrected chi connectivity index (χ0v) is 9.35. The van der Waals surface area contributed by atoms with Gasteiger partial charge < -0.3 is 0 Å². The highest BCUT2D eigenvalue weighted by Gasteiger charge is 2.39. The molecular weight excluding hydrogens is 218 g/mol. The maximum atomic E-state index is 13.8. The molecule has 1 aromatic carbocycles. The third-order valence-electron chi connectivity index (χ3n) is 1.87. The van der Waals surface area contributed by atoms with E-state index in [-0.39, 0.29) is 0 Å². The van der Waals surface area contributed by atoms with E-state index in [9.17, 15) is 13.6 Å². The largest absolute Gasteiger partial charge is 0.297 e. The van der Waals surface area contributed by atoms with E-state index in [0.717, 1.165) is 25.6 Å². The number of benzene rings is 1. The average molecular weight is 230 g/mol. The Kier molecular flexibility index (Phi) is 3.85. The Hall–Kier alpha value is -0.900. The van der Waals surface area contributed by atoms with Gasteiger partial charge in [0.15, 0.2) is 10.8 Å². The van der Waals surface area contributed by atoms with Crippen molar-refractivity contribution in [3.8, 4) is 0 Å². The summed E-state index contributed by atoms with van der Waals surface area (Å²) in [6.45, 7) is 2.13. The first-order chi connectivity index (χ1) is 6.93. The summed E-state index contributed by atoms with van der Waals surface area (Å²) in [5.41, 5.74) is 0. The summed E-state index contributed by atoms with van der Waals surface area (Å²) in [7, 11) is 0. The predicted octanol–water partition coefficient (Wildman–Crippen LogP) is 3.39. The molecule has 0 fully saturated rings. The summed E-state index contributed by atoms with van der Waals surface area (Å²) in [4.78, 5) is 11.4. The van der Waals surface area contributed by atoms with Crippen LogP contribution in [0.3, 0.4) is 0 Å². The van der Waals surface area contributed by atoms with Gasteiger partial charge in [-0.2, -0.15) is 0 Å². The molecule has 0 radical (unpaired) electrons. The van der Waals surface area contributed by atoms with Crippen LogP contribution in [0.2, 0.25) is 0 Å². The van der Waals surface area contributed by atoms with Crippen LogP contribution < -0.4 is 0 Å². The minimum Gasteiger partial charge on any atom is -0.297 e. The van der Waals surface area contributed by atoms with Crippen molar-refractivity contribution in [3.63, 3.8) is 0 Å². The van der Waals surface area contributed by atoms with E-state index in [0.29, 0.717) is 4.90 Å².